The van der Waals surface area contributed by atoms with Crippen LogP contribution < -0.4 is 0 Å². The van der Waals surface area contributed by atoms with Gasteiger partial charge in [-0.3, -0.25) is 0 Å². The van der Waals surface area contributed by atoms with Crippen molar-refractivity contribution in [2.45, 2.75) is 67.2 Å². The Kier molecular flexibility index (Phi) is 2.92. The third-order valence-electron chi connectivity index (χ3n) is 5.55. The predicted molar refractivity (Wildman–Crippen MR) is 71.3 cm³/mol. The third-order valence-corrected chi connectivity index (χ3v) is 5.55. The van der Waals surface area contributed by atoms with Crippen LogP contribution in [-0.4, -0.2) is 0 Å². The number of fused-ring (bicyclic) bond motifs is 2. The molecule has 0 amide bonds. The van der Waals surface area contributed by atoms with Crippen LogP contribution in [0.3, 0.4) is 0 Å². The van der Waals surface area contributed by atoms with Gasteiger partial charge in [0, 0.05) is 0 Å². The summed E-state index contributed by atoms with van der Waals surface area (Å²) >= 11 is 0. The normalized spacial score (nSPS) is 48.4. The van der Waals surface area contributed by atoms with E-state index in [0.29, 0.717) is 10.8 Å². The highest BCUT2D eigenvalue weighted by molar-refractivity contribution is 5.00. The monoisotopic (exact) mass is 222 g/mol. The van der Waals surface area contributed by atoms with Crippen molar-refractivity contribution >= 4 is 0 Å². The van der Waals surface area contributed by atoms with E-state index >= 15 is 0 Å². The molecule has 0 aliphatic heterocycles. The number of hydrogen-bond acceptors (Lipinski definition) is 0. The zero-order valence-corrected chi connectivity index (χ0v) is 12.1. The number of rotatable bonds is 1. The second-order valence-electron chi connectivity index (χ2n) is 8.37. The molecule has 0 saturated heterocycles. The molecule has 0 N–H and O–H groups in total. The first-order chi connectivity index (χ1) is 7.21. The summed E-state index contributed by atoms with van der Waals surface area (Å²) in [6, 6.07) is 0. The molecule has 0 aromatic carbocycles. The smallest absolute Gasteiger partial charge is 0.0295 e. The molecule has 0 radical (unpaired) electrons. The molecular weight excluding hydrogens is 192 g/mol. The molecule has 0 heterocycles. The molecule has 16 heavy (non-hydrogen) atoms. The van der Waals surface area contributed by atoms with E-state index in [1.165, 1.54) is 25.7 Å². The van der Waals surface area contributed by atoms with Crippen molar-refractivity contribution in [1.29, 1.82) is 0 Å². The van der Waals surface area contributed by atoms with Crippen molar-refractivity contribution in [3.05, 3.63) is 0 Å². The van der Waals surface area contributed by atoms with Gasteiger partial charge in [-0.05, 0) is 60.2 Å². The van der Waals surface area contributed by atoms with Gasteiger partial charge in [-0.25, -0.2) is 0 Å². The molecule has 0 nitrogen and oxygen atoms in total. The summed E-state index contributed by atoms with van der Waals surface area (Å²) in [6.07, 6.45) is 5.92. The van der Waals surface area contributed by atoms with Gasteiger partial charge in [0.2, 0.25) is 0 Å². The topological polar surface area (TPSA) is 0 Å². The molecule has 94 valence electrons. The van der Waals surface area contributed by atoms with Crippen molar-refractivity contribution in [1.82, 2.24) is 0 Å². The molecule has 2 fully saturated rings. The van der Waals surface area contributed by atoms with E-state index in [4.69, 9.17) is 0 Å². The van der Waals surface area contributed by atoms with E-state index in [0.717, 1.165) is 23.7 Å². The van der Waals surface area contributed by atoms with Gasteiger partial charge in [-0.1, -0.05) is 41.5 Å². The van der Waals surface area contributed by atoms with Gasteiger partial charge in [0.1, 0.15) is 0 Å². The lowest BCUT2D eigenvalue weighted by molar-refractivity contribution is 0.0756. The van der Waals surface area contributed by atoms with Crippen molar-refractivity contribution in [2.24, 2.45) is 34.5 Å². The summed E-state index contributed by atoms with van der Waals surface area (Å²) in [5.74, 6) is 3.95. The Morgan fingerprint density at radius 3 is 2.31 bits per heavy atom. The van der Waals surface area contributed by atoms with Gasteiger partial charge in [0.15, 0.2) is 0 Å². The minimum atomic E-state index is 0.514. The molecule has 2 bridgehead atoms. The minimum absolute atomic E-state index is 0.514. The Bertz CT molecular complexity index is 260. The van der Waals surface area contributed by atoms with Crippen molar-refractivity contribution in [2.75, 3.05) is 0 Å². The van der Waals surface area contributed by atoms with E-state index in [9.17, 15) is 0 Å². The average molecular weight is 222 g/mol. The van der Waals surface area contributed by atoms with Crippen LogP contribution >= 0.6 is 0 Å². The average Bonchev–Trinajstić information content (AvgIpc) is 2.35. The molecule has 5 atom stereocenters. The van der Waals surface area contributed by atoms with Gasteiger partial charge in [0.25, 0.3) is 0 Å². The maximum Gasteiger partial charge on any atom is -0.0295 e. The van der Waals surface area contributed by atoms with Crippen molar-refractivity contribution < 1.29 is 0 Å². The fourth-order valence-corrected chi connectivity index (χ4v) is 4.68. The lowest BCUT2D eigenvalue weighted by Gasteiger charge is -2.42. The summed E-state index contributed by atoms with van der Waals surface area (Å²) in [5.41, 5.74) is 1.19. The van der Waals surface area contributed by atoms with Crippen LogP contribution in [0, 0.1) is 34.5 Å². The highest BCUT2D eigenvalue weighted by atomic mass is 14.6. The first kappa shape index (κ1) is 12.5. The van der Waals surface area contributed by atoms with Crippen LogP contribution in [0.15, 0.2) is 0 Å². The number of hydrogen-bond donors (Lipinski definition) is 0. The molecule has 2 saturated carbocycles. The first-order valence-electron chi connectivity index (χ1n) is 7.21. The summed E-state index contributed by atoms with van der Waals surface area (Å²) in [4.78, 5) is 0. The largest absolute Gasteiger partial charge is 0.0622 e. The predicted octanol–water partition coefficient (Wildman–Crippen LogP) is 5.13. The van der Waals surface area contributed by atoms with Gasteiger partial charge in [0.05, 0.1) is 0 Å². The summed E-state index contributed by atoms with van der Waals surface area (Å²) in [7, 11) is 0. The lowest BCUT2D eigenvalue weighted by atomic mass is 9.63. The molecule has 2 aliphatic carbocycles. The van der Waals surface area contributed by atoms with Crippen LogP contribution in [0.2, 0.25) is 0 Å². The van der Waals surface area contributed by atoms with Crippen molar-refractivity contribution in [3.8, 4) is 0 Å². The fourth-order valence-electron chi connectivity index (χ4n) is 4.68. The zero-order valence-electron chi connectivity index (χ0n) is 12.1. The Balaban J connectivity index is 2.12. The van der Waals surface area contributed by atoms with Crippen LogP contribution in [-0.2, 0) is 0 Å². The van der Waals surface area contributed by atoms with E-state index in [1.54, 1.807) is 0 Å². The Hall–Kier alpha value is 0. The molecule has 0 spiro atoms. The molecule has 2 aliphatic rings. The Morgan fingerprint density at radius 2 is 1.75 bits per heavy atom. The Morgan fingerprint density at radius 1 is 1.12 bits per heavy atom. The second kappa shape index (κ2) is 3.75. The highest BCUT2D eigenvalue weighted by Crippen LogP contribution is 2.60. The summed E-state index contributed by atoms with van der Waals surface area (Å²) in [6.45, 7) is 14.8. The van der Waals surface area contributed by atoms with Gasteiger partial charge in [-0.15, -0.1) is 0 Å². The molecular formula is C16H30. The molecule has 0 aromatic rings. The molecule has 2 rings (SSSR count). The molecule has 5 unspecified atom stereocenters. The van der Waals surface area contributed by atoms with Crippen LogP contribution in [0.4, 0.5) is 0 Å². The summed E-state index contributed by atoms with van der Waals surface area (Å²) < 4.78 is 0. The molecule has 0 heteroatoms. The fraction of sp³-hybridized carbons (Fsp3) is 1.00. The standard InChI is InChI=1S/C16H30/c1-11-8-16(6)10-14(11)13(7-12(16)2)9-15(3,4)5/h11-14H,7-10H2,1-6H3. The second-order valence-corrected chi connectivity index (χ2v) is 8.37. The first-order valence-corrected chi connectivity index (χ1v) is 7.21. The maximum absolute atomic E-state index is 2.54. The van der Waals surface area contributed by atoms with Gasteiger partial charge < -0.3 is 0 Å². The molecule has 0 aromatic heterocycles. The Labute approximate surface area is 102 Å². The lowest BCUT2D eigenvalue weighted by Crippen LogP contribution is -2.33. The highest BCUT2D eigenvalue weighted by Gasteiger charge is 2.51. The maximum atomic E-state index is 2.54. The van der Waals surface area contributed by atoms with Crippen LogP contribution in [0.1, 0.15) is 67.2 Å². The van der Waals surface area contributed by atoms with Gasteiger partial charge >= 0.3 is 0 Å². The zero-order chi connectivity index (χ0) is 12.1. The van der Waals surface area contributed by atoms with E-state index in [-0.39, 0.29) is 0 Å². The third kappa shape index (κ3) is 2.17. The van der Waals surface area contributed by atoms with Crippen molar-refractivity contribution in [3.63, 3.8) is 0 Å². The van der Waals surface area contributed by atoms with Crippen LogP contribution in [0.25, 0.3) is 0 Å². The van der Waals surface area contributed by atoms with E-state index in [2.05, 4.69) is 41.5 Å². The SMILES string of the molecule is CC1CC2(C)CC1C(CC(C)(C)C)CC2C. The van der Waals surface area contributed by atoms with E-state index < -0.39 is 0 Å². The minimum Gasteiger partial charge on any atom is -0.0622 e. The van der Waals surface area contributed by atoms with E-state index in [1.807, 2.05) is 0 Å². The van der Waals surface area contributed by atoms with Crippen LogP contribution in [0.5, 0.6) is 0 Å². The quantitative estimate of drug-likeness (QED) is 0.577. The van der Waals surface area contributed by atoms with Gasteiger partial charge in [-0.2, -0.15) is 0 Å². The summed E-state index contributed by atoms with van der Waals surface area (Å²) in [5, 5.41) is 0.